The van der Waals surface area contributed by atoms with Crippen molar-refractivity contribution in [2.75, 3.05) is 18.8 Å². The number of rotatable bonds is 4. The number of anilines is 1. The molecule has 1 aliphatic carbocycles. The van der Waals surface area contributed by atoms with Crippen LogP contribution < -0.4 is 16.8 Å². The van der Waals surface area contributed by atoms with Crippen molar-refractivity contribution in [1.82, 2.24) is 20.0 Å². The highest BCUT2D eigenvalue weighted by Gasteiger charge is 2.20. The van der Waals surface area contributed by atoms with Crippen LogP contribution in [0.3, 0.4) is 0 Å². The summed E-state index contributed by atoms with van der Waals surface area (Å²) in [5, 5.41) is 17.2. The summed E-state index contributed by atoms with van der Waals surface area (Å²) in [5.41, 5.74) is 13.3. The molecule has 9 nitrogen and oxygen atoms in total. The Balaban J connectivity index is 1.96. The third kappa shape index (κ3) is 3.56. The first-order chi connectivity index (χ1) is 12.5. The van der Waals surface area contributed by atoms with E-state index in [9.17, 15) is 9.90 Å². The summed E-state index contributed by atoms with van der Waals surface area (Å²) < 4.78 is 1.63. The van der Waals surface area contributed by atoms with Crippen LogP contribution in [0.25, 0.3) is 0 Å². The minimum atomic E-state index is -0.712. The van der Waals surface area contributed by atoms with Crippen LogP contribution in [0.4, 0.5) is 16.3 Å². The van der Waals surface area contributed by atoms with Gasteiger partial charge in [0.25, 0.3) is 0 Å². The Morgan fingerprint density at radius 3 is 2.73 bits per heavy atom. The number of hydrogen-bond donors (Lipinski definition) is 4. The molecule has 3 rings (SSSR count). The number of likely N-dealkylation sites (tertiary alicyclic amines) is 1. The smallest absolute Gasteiger partial charge is 0.316 e. The lowest BCUT2D eigenvalue weighted by Crippen LogP contribution is -2.32. The number of aliphatic hydroxyl groups excluding tert-OH is 1. The van der Waals surface area contributed by atoms with Gasteiger partial charge in [-0.1, -0.05) is 0 Å². The van der Waals surface area contributed by atoms with Crippen molar-refractivity contribution < 1.29 is 9.90 Å². The van der Waals surface area contributed by atoms with Crippen molar-refractivity contribution in [1.29, 1.82) is 0 Å². The number of allylic oxidation sites excluding steroid dienone is 4. The predicted molar refractivity (Wildman–Crippen MR) is 99.8 cm³/mol. The highest BCUT2D eigenvalue weighted by molar-refractivity contribution is 6.13. The van der Waals surface area contributed by atoms with Gasteiger partial charge in [0.2, 0.25) is 0 Å². The molecule has 9 heteroatoms. The van der Waals surface area contributed by atoms with E-state index in [2.05, 4.69) is 15.4 Å². The second-order valence-electron chi connectivity index (χ2n) is 6.08. The summed E-state index contributed by atoms with van der Waals surface area (Å²) >= 11 is 0. The largest absolute Gasteiger partial charge is 0.494 e. The minimum absolute atomic E-state index is 0.180. The molecule has 6 N–H and O–H groups in total. The van der Waals surface area contributed by atoms with Gasteiger partial charge in [0, 0.05) is 25.2 Å². The van der Waals surface area contributed by atoms with E-state index in [1.54, 1.807) is 29.1 Å². The van der Waals surface area contributed by atoms with E-state index >= 15 is 0 Å². The fourth-order valence-electron chi connectivity index (χ4n) is 2.97. The number of urea groups is 1. The SMILES string of the molecule is CCn1ncc(N=C2C=CC(=C(O)N3CCCC3)C=C2NC(N)=O)c1N. The van der Waals surface area contributed by atoms with Crippen molar-refractivity contribution >= 4 is 23.2 Å². The van der Waals surface area contributed by atoms with Gasteiger partial charge in [0.15, 0.2) is 5.88 Å². The maximum atomic E-state index is 11.4. The van der Waals surface area contributed by atoms with Crippen LogP contribution >= 0.6 is 0 Å². The molecule has 1 fully saturated rings. The second-order valence-corrected chi connectivity index (χ2v) is 6.08. The van der Waals surface area contributed by atoms with Gasteiger partial charge in [-0.2, -0.15) is 5.10 Å². The molecule has 0 bridgehead atoms. The normalized spacial score (nSPS) is 20.4. The molecule has 0 aromatic carbocycles. The summed E-state index contributed by atoms with van der Waals surface area (Å²) in [6, 6.07) is -0.712. The molecular formula is C17H23N7O2. The van der Waals surface area contributed by atoms with Crippen LogP contribution in [0.5, 0.6) is 0 Å². The lowest BCUT2D eigenvalue weighted by atomic mass is 10.0. The zero-order valence-corrected chi connectivity index (χ0v) is 14.6. The number of nitrogen functional groups attached to an aromatic ring is 1. The minimum Gasteiger partial charge on any atom is -0.494 e. The second kappa shape index (κ2) is 7.34. The zero-order valence-electron chi connectivity index (χ0n) is 14.6. The van der Waals surface area contributed by atoms with E-state index in [4.69, 9.17) is 11.5 Å². The molecule has 1 aromatic rings. The number of carbonyl (C=O) groups is 1. The van der Waals surface area contributed by atoms with E-state index in [1.165, 1.54) is 0 Å². The van der Waals surface area contributed by atoms with E-state index in [1.807, 2.05) is 11.8 Å². The van der Waals surface area contributed by atoms with Crippen LogP contribution in [0.1, 0.15) is 19.8 Å². The molecular weight excluding hydrogens is 334 g/mol. The Hall–Kier alpha value is -3.23. The summed E-state index contributed by atoms with van der Waals surface area (Å²) in [7, 11) is 0. The lowest BCUT2D eigenvalue weighted by molar-refractivity contribution is 0.230. The molecule has 0 spiro atoms. The lowest BCUT2D eigenvalue weighted by Gasteiger charge is -2.20. The Bertz CT molecular complexity index is 826. The third-order valence-electron chi connectivity index (χ3n) is 4.32. The fourth-order valence-corrected chi connectivity index (χ4v) is 2.97. The maximum Gasteiger partial charge on any atom is 0.316 e. The summed E-state index contributed by atoms with van der Waals surface area (Å²) in [5.74, 6) is 0.618. The quantitative estimate of drug-likeness (QED) is 0.606. The Morgan fingerprint density at radius 1 is 1.38 bits per heavy atom. The molecule has 1 aromatic heterocycles. The van der Waals surface area contributed by atoms with Gasteiger partial charge in [-0.05, 0) is 38.0 Å². The number of aryl methyl sites for hydroxylation is 1. The standard InChI is InChI=1S/C17H23N7O2/c1-2-24-15(18)14(10-20-24)21-12-6-5-11(9-13(12)22-17(19)26)16(25)23-7-3-4-8-23/h5-6,9-10,25H,2-4,7-8,18H2,1H3,(H3,19,22,26). The topological polar surface area (TPSA) is 135 Å². The number of amides is 2. The molecule has 1 saturated heterocycles. The molecule has 138 valence electrons. The van der Waals surface area contributed by atoms with Crippen molar-refractivity contribution in [3.8, 4) is 0 Å². The van der Waals surface area contributed by atoms with Crippen LogP contribution in [-0.4, -0.2) is 44.6 Å². The highest BCUT2D eigenvalue weighted by Crippen LogP contribution is 2.25. The van der Waals surface area contributed by atoms with Crippen molar-refractivity contribution in [2.24, 2.45) is 10.7 Å². The predicted octanol–water partition coefficient (Wildman–Crippen LogP) is 1.55. The van der Waals surface area contributed by atoms with E-state index in [0.717, 1.165) is 25.9 Å². The third-order valence-corrected chi connectivity index (χ3v) is 4.32. The fraction of sp³-hybridized carbons (Fsp3) is 0.353. The number of aliphatic hydroxyl groups is 1. The van der Waals surface area contributed by atoms with Crippen LogP contribution in [0.15, 0.2) is 46.6 Å². The van der Waals surface area contributed by atoms with Gasteiger partial charge < -0.3 is 26.8 Å². The Morgan fingerprint density at radius 2 is 2.12 bits per heavy atom. The number of nitrogens with one attached hydrogen (secondary N) is 1. The molecule has 0 atom stereocenters. The molecule has 26 heavy (non-hydrogen) atoms. The number of carbonyl (C=O) groups excluding carboxylic acids is 1. The Kier molecular flexibility index (Phi) is 4.97. The van der Waals surface area contributed by atoms with Crippen LogP contribution in [0.2, 0.25) is 0 Å². The van der Waals surface area contributed by atoms with Gasteiger partial charge in [-0.25, -0.2) is 14.5 Å². The summed E-state index contributed by atoms with van der Waals surface area (Å²) in [4.78, 5) is 17.8. The van der Waals surface area contributed by atoms with Crippen molar-refractivity contribution in [2.45, 2.75) is 26.3 Å². The zero-order chi connectivity index (χ0) is 18.7. The molecule has 0 unspecified atom stereocenters. The molecule has 2 heterocycles. The molecule has 2 aliphatic rings. The van der Waals surface area contributed by atoms with Gasteiger partial charge in [-0.15, -0.1) is 0 Å². The maximum absolute atomic E-state index is 11.4. The van der Waals surface area contributed by atoms with Gasteiger partial charge in [0.1, 0.15) is 11.5 Å². The number of primary amides is 1. The number of aromatic nitrogens is 2. The number of hydrogen-bond acceptors (Lipinski definition) is 6. The molecule has 0 saturated carbocycles. The average Bonchev–Trinajstić information content (AvgIpc) is 3.26. The summed E-state index contributed by atoms with van der Waals surface area (Å²) in [6.07, 6.45) is 8.76. The molecule has 2 amide bonds. The average molecular weight is 357 g/mol. The highest BCUT2D eigenvalue weighted by atomic mass is 16.3. The van der Waals surface area contributed by atoms with E-state index in [0.29, 0.717) is 35.0 Å². The van der Waals surface area contributed by atoms with Gasteiger partial charge in [-0.3, -0.25) is 0 Å². The first-order valence-corrected chi connectivity index (χ1v) is 8.54. The van der Waals surface area contributed by atoms with Crippen molar-refractivity contribution in [3.63, 3.8) is 0 Å². The van der Waals surface area contributed by atoms with Gasteiger partial charge >= 0.3 is 6.03 Å². The first kappa shape index (κ1) is 17.6. The van der Waals surface area contributed by atoms with E-state index < -0.39 is 6.03 Å². The molecule has 0 radical (unpaired) electrons. The Labute approximate surface area is 151 Å². The number of nitrogens with two attached hydrogens (primary N) is 2. The van der Waals surface area contributed by atoms with Crippen LogP contribution in [0, 0.1) is 0 Å². The molecule has 1 aliphatic heterocycles. The van der Waals surface area contributed by atoms with Crippen molar-refractivity contribution in [3.05, 3.63) is 41.6 Å². The number of aliphatic imine (C=N–C) groups is 1. The monoisotopic (exact) mass is 357 g/mol. The first-order valence-electron chi connectivity index (χ1n) is 8.54. The summed E-state index contributed by atoms with van der Waals surface area (Å²) in [6.45, 7) is 4.18. The number of nitrogens with zero attached hydrogens (tertiary/aromatic N) is 4. The van der Waals surface area contributed by atoms with E-state index in [-0.39, 0.29) is 5.88 Å². The van der Waals surface area contributed by atoms with Crippen LogP contribution in [-0.2, 0) is 6.54 Å². The van der Waals surface area contributed by atoms with Gasteiger partial charge in [0.05, 0.1) is 17.6 Å².